The second-order valence-corrected chi connectivity index (χ2v) is 5.28. The Balaban J connectivity index is 1.93. The Hall–Kier alpha value is -2.41. The highest BCUT2D eigenvalue weighted by Gasteiger charge is 2.46. The van der Waals surface area contributed by atoms with E-state index in [4.69, 9.17) is 5.73 Å². The van der Waals surface area contributed by atoms with Gasteiger partial charge in [0.25, 0.3) is 0 Å². The number of halogens is 4. The molecule has 3 nitrogen and oxygen atoms in total. The average molecular weight is 324 g/mol. The summed E-state index contributed by atoms with van der Waals surface area (Å²) in [6.45, 7) is 0. The van der Waals surface area contributed by atoms with Crippen LogP contribution in [-0.4, -0.2) is 11.9 Å². The summed E-state index contributed by atoms with van der Waals surface area (Å²) in [7, 11) is 0. The van der Waals surface area contributed by atoms with Crippen molar-refractivity contribution in [1.29, 1.82) is 0 Å². The number of benzene rings is 2. The molecule has 0 aliphatic carbocycles. The van der Waals surface area contributed by atoms with Crippen LogP contribution < -0.4 is 10.6 Å². The molecular formula is C16H12F4N2O. The van der Waals surface area contributed by atoms with Crippen molar-refractivity contribution in [2.75, 3.05) is 4.90 Å². The van der Waals surface area contributed by atoms with Crippen LogP contribution in [0.1, 0.15) is 17.2 Å². The zero-order chi connectivity index (χ0) is 16.8. The summed E-state index contributed by atoms with van der Waals surface area (Å²) in [5, 5.41) is 0. The minimum atomic E-state index is -4.43. The van der Waals surface area contributed by atoms with Gasteiger partial charge in [-0.05, 0) is 35.9 Å². The molecule has 120 valence electrons. The SMILES string of the molecule is N[C@@H]1C(=O)N(c2cccc(F)c2)[C@H]1c1ccc(C(F)(F)F)cc1. The van der Waals surface area contributed by atoms with Gasteiger partial charge >= 0.3 is 6.18 Å². The molecule has 2 aromatic carbocycles. The van der Waals surface area contributed by atoms with Gasteiger partial charge in [-0.3, -0.25) is 4.79 Å². The lowest BCUT2D eigenvalue weighted by Gasteiger charge is -2.45. The molecule has 0 unspecified atom stereocenters. The first-order valence-electron chi connectivity index (χ1n) is 6.80. The Bertz CT molecular complexity index is 742. The number of nitrogens with zero attached hydrogens (tertiary/aromatic N) is 1. The van der Waals surface area contributed by atoms with Gasteiger partial charge in [0.2, 0.25) is 5.91 Å². The Morgan fingerprint density at radius 1 is 1.04 bits per heavy atom. The number of amides is 1. The van der Waals surface area contributed by atoms with E-state index in [-0.39, 0.29) is 0 Å². The predicted molar refractivity (Wildman–Crippen MR) is 76.0 cm³/mol. The molecule has 1 aliphatic rings. The van der Waals surface area contributed by atoms with Gasteiger partial charge in [-0.15, -0.1) is 0 Å². The molecule has 3 rings (SSSR count). The number of carbonyl (C=O) groups is 1. The molecule has 2 N–H and O–H groups in total. The summed E-state index contributed by atoms with van der Waals surface area (Å²) >= 11 is 0. The molecule has 7 heteroatoms. The Kier molecular flexibility index (Phi) is 3.60. The van der Waals surface area contributed by atoms with E-state index < -0.39 is 35.5 Å². The number of alkyl halides is 3. The molecule has 1 aliphatic heterocycles. The van der Waals surface area contributed by atoms with Gasteiger partial charge in [-0.2, -0.15) is 13.2 Å². The lowest BCUT2D eigenvalue weighted by Crippen LogP contribution is -2.63. The smallest absolute Gasteiger partial charge is 0.318 e. The largest absolute Gasteiger partial charge is 0.416 e. The van der Waals surface area contributed by atoms with Crippen molar-refractivity contribution in [2.45, 2.75) is 18.3 Å². The summed E-state index contributed by atoms with van der Waals surface area (Å²) in [6.07, 6.45) is -4.43. The van der Waals surface area contributed by atoms with Crippen LogP contribution in [0.2, 0.25) is 0 Å². The van der Waals surface area contributed by atoms with Crippen molar-refractivity contribution in [3.05, 3.63) is 65.5 Å². The maximum atomic E-state index is 13.3. The normalized spacial score (nSPS) is 21.3. The summed E-state index contributed by atoms with van der Waals surface area (Å²) in [4.78, 5) is 13.3. The first-order valence-corrected chi connectivity index (χ1v) is 6.80. The Morgan fingerprint density at radius 2 is 1.70 bits per heavy atom. The zero-order valence-electron chi connectivity index (χ0n) is 11.7. The zero-order valence-corrected chi connectivity index (χ0v) is 11.7. The third-order valence-electron chi connectivity index (χ3n) is 3.81. The molecular weight excluding hydrogens is 312 g/mol. The van der Waals surface area contributed by atoms with Crippen LogP contribution in [0.4, 0.5) is 23.2 Å². The number of rotatable bonds is 2. The van der Waals surface area contributed by atoms with Gasteiger partial charge in [0.1, 0.15) is 11.9 Å². The van der Waals surface area contributed by atoms with E-state index in [2.05, 4.69) is 0 Å². The van der Waals surface area contributed by atoms with Gasteiger partial charge in [-0.25, -0.2) is 4.39 Å². The number of hydrogen-bond donors (Lipinski definition) is 1. The molecule has 1 fully saturated rings. The molecule has 1 amide bonds. The topological polar surface area (TPSA) is 46.3 Å². The van der Waals surface area contributed by atoms with Crippen molar-refractivity contribution >= 4 is 11.6 Å². The number of β-lactam (4-membered cyclic amide) rings is 1. The molecule has 0 radical (unpaired) electrons. The van der Waals surface area contributed by atoms with Crippen molar-refractivity contribution in [3.63, 3.8) is 0 Å². The van der Waals surface area contributed by atoms with Crippen LogP contribution in [0.15, 0.2) is 48.5 Å². The molecule has 0 bridgehead atoms. The Morgan fingerprint density at radius 3 is 2.26 bits per heavy atom. The standard InChI is InChI=1S/C16H12F4N2O/c17-11-2-1-3-12(8-11)22-14(13(21)15(22)23)9-4-6-10(7-5-9)16(18,19)20/h1-8,13-14H,21H2/t13-,14-/m0/s1. The highest BCUT2D eigenvalue weighted by atomic mass is 19.4. The highest BCUT2D eigenvalue weighted by Crippen LogP contribution is 2.39. The minimum absolute atomic E-state index is 0.321. The van der Waals surface area contributed by atoms with E-state index in [9.17, 15) is 22.4 Å². The van der Waals surface area contributed by atoms with Crippen LogP contribution in [-0.2, 0) is 11.0 Å². The van der Waals surface area contributed by atoms with Crippen molar-refractivity contribution < 1.29 is 22.4 Å². The third kappa shape index (κ3) is 2.68. The summed E-state index contributed by atoms with van der Waals surface area (Å²) in [6, 6.07) is 8.38. The molecule has 1 heterocycles. The predicted octanol–water partition coefficient (Wildman–Crippen LogP) is 3.26. The maximum absolute atomic E-state index is 13.3. The van der Waals surface area contributed by atoms with Crippen LogP contribution in [0, 0.1) is 5.82 Å². The van der Waals surface area contributed by atoms with Crippen molar-refractivity contribution in [1.82, 2.24) is 0 Å². The third-order valence-corrected chi connectivity index (χ3v) is 3.81. The molecule has 2 aromatic rings. The fourth-order valence-electron chi connectivity index (χ4n) is 2.65. The first kappa shape index (κ1) is 15.5. The van der Waals surface area contributed by atoms with Gasteiger partial charge in [-0.1, -0.05) is 18.2 Å². The van der Waals surface area contributed by atoms with Crippen molar-refractivity contribution in [2.24, 2.45) is 5.73 Å². The lowest BCUT2D eigenvalue weighted by atomic mass is 9.88. The first-order chi connectivity index (χ1) is 10.8. The minimum Gasteiger partial charge on any atom is -0.318 e. The summed E-state index contributed by atoms with van der Waals surface area (Å²) in [5.41, 5.74) is 5.79. The summed E-state index contributed by atoms with van der Waals surface area (Å²) in [5.74, 6) is -0.914. The molecule has 2 atom stereocenters. The van der Waals surface area contributed by atoms with E-state index in [1.54, 1.807) is 6.07 Å². The monoisotopic (exact) mass is 324 g/mol. The number of hydrogen-bond acceptors (Lipinski definition) is 2. The molecule has 0 spiro atoms. The highest BCUT2D eigenvalue weighted by molar-refractivity contribution is 6.05. The molecule has 0 aromatic heterocycles. The maximum Gasteiger partial charge on any atom is 0.416 e. The van der Waals surface area contributed by atoms with Crippen LogP contribution in [0.5, 0.6) is 0 Å². The second-order valence-electron chi connectivity index (χ2n) is 5.28. The lowest BCUT2D eigenvalue weighted by molar-refractivity contribution is -0.137. The number of carbonyl (C=O) groups excluding carboxylic acids is 1. The van der Waals surface area contributed by atoms with Crippen LogP contribution in [0.3, 0.4) is 0 Å². The fraction of sp³-hybridized carbons (Fsp3) is 0.188. The van der Waals surface area contributed by atoms with Gasteiger partial charge in [0.05, 0.1) is 11.6 Å². The van der Waals surface area contributed by atoms with E-state index in [1.807, 2.05) is 0 Å². The van der Waals surface area contributed by atoms with Gasteiger partial charge in [0.15, 0.2) is 0 Å². The van der Waals surface area contributed by atoms with E-state index in [0.717, 1.165) is 12.1 Å². The summed E-state index contributed by atoms with van der Waals surface area (Å²) < 4.78 is 51.2. The van der Waals surface area contributed by atoms with Gasteiger partial charge < -0.3 is 10.6 Å². The van der Waals surface area contributed by atoms with E-state index in [0.29, 0.717) is 11.3 Å². The Labute approximate surface area is 129 Å². The van der Waals surface area contributed by atoms with Crippen LogP contribution >= 0.6 is 0 Å². The number of nitrogens with two attached hydrogens (primary N) is 1. The molecule has 0 saturated carbocycles. The average Bonchev–Trinajstić information content (AvgIpc) is 2.50. The number of anilines is 1. The van der Waals surface area contributed by atoms with E-state index >= 15 is 0 Å². The second kappa shape index (κ2) is 5.34. The molecule has 1 saturated heterocycles. The van der Waals surface area contributed by atoms with Gasteiger partial charge in [0, 0.05) is 5.69 Å². The fourth-order valence-corrected chi connectivity index (χ4v) is 2.65. The van der Waals surface area contributed by atoms with Crippen LogP contribution in [0.25, 0.3) is 0 Å². The van der Waals surface area contributed by atoms with Crippen molar-refractivity contribution in [3.8, 4) is 0 Å². The van der Waals surface area contributed by atoms with E-state index in [1.165, 1.54) is 35.2 Å². The quantitative estimate of drug-likeness (QED) is 0.681. The molecule has 23 heavy (non-hydrogen) atoms.